The van der Waals surface area contributed by atoms with E-state index in [2.05, 4.69) is 0 Å². The van der Waals surface area contributed by atoms with Crippen molar-refractivity contribution < 1.29 is 39.8 Å². The summed E-state index contributed by atoms with van der Waals surface area (Å²) in [5, 5.41) is 10.4. The van der Waals surface area contributed by atoms with Gasteiger partial charge in [-0.25, -0.2) is 0 Å². The minimum atomic E-state index is -4.26. The van der Waals surface area contributed by atoms with Crippen LogP contribution in [0.25, 0.3) is 0 Å². The lowest BCUT2D eigenvalue weighted by Gasteiger charge is -2.29. The molecule has 2 fully saturated rings. The molecule has 168 valence electrons. The van der Waals surface area contributed by atoms with Gasteiger partial charge >= 0.3 is 0 Å². The Morgan fingerprint density at radius 1 is 0.839 bits per heavy atom. The second kappa shape index (κ2) is 8.24. The minimum absolute atomic E-state index is 0.0662. The van der Waals surface area contributed by atoms with Gasteiger partial charge in [-0.05, 0) is 38.1 Å². The summed E-state index contributed by atoms with van der Waals surface area (Å²) in [5.41, 5.74) is 1.74. The van der Waals surface area contributed by atoms with Gasteiger partial charge < -0.3 is 14.6 Å². The number of ether oxygens (including phenoxy) is 2. The second-order valence-corrected chi connectivity index (χ2v) is 10.7. The van der Waals surface area contributed by atoms with Crippen LogP contribution in [0.5, 0.6) is 0 Å². The van der Waals surface area contributed by atoms with Crippen LogP contribution < -0.4 is 0 Å². The molecule has 4 rings (SSSR count). The zero-order valence-corrected chi connectivity index (χ0v) is 18.4. The van der Waals surface area contributed by atoms with Crippen molar-refractivity contribution in [1.29, 1.82) is 0 Å². The molecule has 5 atom stereocenters. The lowest BCUT2D eigenvalue weighted by molar-refractivity contribution is -0.227. The summed E-state index contributed by atoms with van der Waals surface area (Å²) in [7, 11) is -8.45. The van der Waals surface area contributed by atoms with Crippen LogP contribution in [0.1, 0.15) is 11.1 Å². The fraction of sp³-hybridized carbons (Fsp3) is 0.400. The number of benzene rings is 2. The normalized spacial score (nSPS) is 28.5. The molecule has 2 aliphatic rings. The molecule has 0 saturated carbocycles. The van der Waals surface area contributed by atoms with Crippen molar-refractivity contribution >= 4 is 20.2 Å². The first-order valence-electron chi connectivity index (χ1n) is 9.52. The standard InChI is InChI=1S/C20H22O9S2/c1-12-3-7-14(8-4-12)30(22,23)28-16-11-26-20-17(21)19(18(16)27-20)29-31(24,25)15-9-5-13(2)6-10-15/h3-10,16-21H,11H2,1-2H3/t16-,17-,18-,19-,20-/m0/s1. The summed E-state index contributed by atoms with van der Waals surface area (Å²) in [4.78, 5) is -0.166. The number of hydrogen-bond donors (Lipinski definition) is 1. The SMILES string of the molecule is Cc1ccc(S(=O)(=O)O[C@H]2[C@H](O)[C@H]3OC[C@H](OS(=O)(=O)c4ccc(C)cc4)[C@@H]2O3)cc1. The zero-order valence-electron chi connectivity index (χ0n) is 16.7. The van der Waals surface area contributed by atoms with Gasteiger partial charge in [-0.2, -0.15) is 16.8 Å². The summed E-state index contributed by atoms with van der Waals surface area (Å²) in [6, 6.07) is 12.0. The molecule has 2 saturated heterocycles. The highest BCUT2D eigenvalue weighted by Gasteiger charge is 2.55. The molecule has 31 heavy (non-hydrogen) atoms. The molecule has 2 aromatic carbocycles. The van der Waals surface area contributed by atoms with E-state index in [9.17, 15) is 21.9 Å². The van der Waals surface area contributed by atoms with Gasteiger partial charge in [0.2, 0.25) is 0 Å². The fourth-order valence-corrected chi connectivity index (χ4v) is 5.58. The topological polar surface area (TPSA) is 125 Å². The number of hydrogen-bond acceptors (Lipinski definition) is 9. The predicted octanol–water partition coefficient (Wildman–Crippen LogP) is 1.27. The van der Waals surface area contributed by atoms with Gasteiger partial charge in [-0.3, -0.25) is 8.37 Å². The number of aliphatic hydroxyl groups excluding tert-OH is 1. The highest BCUT2D eigenvalue weighted by molar-refractivity contribution is 7.87. The molecule has 0 unspecified atom stereocenters. The Kier molecular flexibility index (Phi) is 5.94. The number of rotatable bonds is 6. The maximum absolute atomic E-state index is 12.7. The van der Waals surface area contributed by atoms with Crippen molar-refractivity contribution in [1.82, 2.24) is 0 Å². The van der Waals surface area contributed by atoms with E-state index in [1.807, 2.05) is 13.8 Å². The van der Waals surface area contributed by atoms with Gasteiger partial charge in [0.15, 0.2) is 6.29 Å². The average molecular weight is 471 g/mol. The molecule has 1 N–H and O–H groups in total. The van der Waals surface area contributed by atoms with Crippen molar-refractivity contribution in [3.8, 4) is 0 Å². The lowest BCUT2D eigenvalue weighted by Crippen LogP contribution is -2.45. The average Bonchev–Trinajstić information content (AvgIpc) is 2.96. The third-order valence-corrected chi connectivity index (χ3v) is 7.80. The van der Waals surface area contributed by atoms with Gasteiger partial charge in [0.1, 0.15) is 24.4 Å². The maximum Gasteiger partial charge on any atom is 0.297 e. The van der Waals surface area contributed by atoms with Crippen LogP contribution in [-0.2, 0) is 38.1 Å². The van der Waals surface area contributed by atoms with Crippen LogP contribution in [0.3, 0.4) is 0 Å². The van der Waals surface area contributed by atoms with E-state index in [1.54, 1.807) is 24.3 Å². The summed E-state index contributed by atoms with van der Waals surface area (Å²) in [6.45, 7) is 3.40. The van der Waals surface area contributed by atoms with Crippen LogP contribution in [0.4, 0.5) is 0 Å². The number of fused-ring (bicyclic) bond motifs is 2. The molecular weight excluding hydrogens is 448 g/mol. The van der Waals surface area contributed by atoms with E-state index in [0.717, 1.165) is 11.1 Å². The van der Waals surface area contributed by atoms with E-state index >= 15 is 0 Å². The summed E-state index contributed by atoms with van der Waals surface area (Å²) < 4.78 is 72.1. The minimum Gasteiger partial charge on any atom is -0.385 e. The Bertz CT molecular complexity index is 1140. The van der Waals surface area contributed by atoms with Gasteiger partial charge in [-0.1, -0.05) is 35.4 Å². The molecule has 0 radical (unpaired) electrons. The molecule has 11 heteroatoms. The first-order chi connectivity index (χ1) is 14.6. The summed E-state index contributed by atoms with van der Waals surface area (Å²) in [5.74, 6) is 0. The molecule has 2 aromatic rings. The van der Waals surface area contributed by atoms with Crippen molar-refractivity contribution in [2.75, 3.05) is 6.61 Å². The highest BCUT2D eigenvalue weighted by atomic mass is 32.2. The van der Waals surface area contributed by atoms with E-state index in [4.69, 9.17) is 17.8 Å². The van der Waals surface area contributed by atoms with Crippen LogP contribution in [0.15, 0.2) is 58.3 Å². The molecular formula is C20H22O9S2. The Balaban J connectivity index is 1.56. The van der Waals surface area contributed by atoms with E-state index in [0.29, 0.717) is 0 Å². The van der Waals surface area contributed by atoms with Crippen LogP contribution >= 0.6 is 0 Å². The van der Waals surface area contributed by atoms with Gasteiger partial charge in [0, 0.05) is 0 Å². The van der Waals surface area contributed by atoms with Gasteiger partial charge in [0.05, 0.1) is 16.4 Å². The van der Waals surface area contributed by atoms with Crippen molar-refractivity contribution in [3.05, 3.63) is 59.7 Å². The summed E-state index contributed by atoms with van der Waals surface area (Å²) >= 11 is 0. The summed E-state index contributed by atoms with van der Waals surface area (Å²) in [6.07, 6.45) is -6.38. The zero-order chi connectivity index (χ0) is 22.4. The molecule has 2 aliphatic heterocycles. The number of aliphatic hydroxyl groups is 1. The molecule has 0 spiro atoms. The van der Waals surface area contributed by atoms with Crippen molar-refractivity contribution in [3.63, 3.8) is 0 Å². The maximum atomic E-state index is 12.7. The van der Waals surface area contributed by atoms with Crippen LogP contribution in [0, 0.1) is 13.8 Å². The Hall–Kier alpha value is -1.86. The Morgan fingerprint density at radius 2 is 1.32 bits per heavy atom. The molecule has 0 aromatic heterocycles. The Labute approximate surface area is 180 Å². The van der Waals surface area contributed by atoms with Crippen molar-refractivity contribution in [2.24, 2.45) is 0 Å². The third kappa shape index (κ3) is 4.53. The predicted molar refractivity (Wildman–Crippen MR) is 107 cm³/mol. The van der Waals surface area contributed by atoms with E-state index in [1.165, 1.54) is 24.3 Å². The fourth-order valence-electron chi connectivity index (χ4n) is 3.41. The van der Waals surface area contributed by atoms with Crippen molar-refractivity contribution in [2.45, 2.75) is 54.3 Å². The third-order valence-electron chi connectivity index (χ3n) is 5.13. The van der Waals surface area contributed by atoms with Crippen LogP contribution in [-0.4, -0.2) is 59.3 Å². The van der Waals surface area contributed by atoms with E-state index < -0.39 is 50.9 Å². The molecule has 9 nitrogen and oxygen atoms in total. The Morgan fingerprint density at radius 3 is 1.84 bits per heavy atom. The first kappa shape index (κ1) is 22.3. The molecule has 2 bridgehead atoms. The van der Waals surface area contributed by atoms with Gasteiger partial charge in [-0.15, -0.1) is 0 Å². The molecule has 0 aliphatic carbocycles. The van der Waals surface area contributed by atoms with E-state index in [-0.39, 0.29) is 16.4 Å². The number of aryl methyl sites for hydroxylation is 2. The molecule has 2 heterocycles. The first-order valence-corrected chi connectivity index (χ1v) is 12.3. The smallest absolute Gasteiger partial charge is 0.297 e. The second-order valence-electron chi connectivity index (χ2n) is 7.52. The molecule has 0 amide bonds. The quantitative estimate of drug-likeness (QED) is 0.621. The largest absolute Gasteiger partial charge is 0.385 e. The lowest BCUT2D eigenvalue weighted by atomic mass is 10.1. The van der Waals surface area contributed by atoms with Crippen LogP contribution in [0.2, 0.25) is 0 Å². The van der Waals surface area contributed by atoms with Gasteiger partial charge in [0.25, 0.3) is 20.2 Å². The highest BCUT2D eigenvalue weighted by Crippen LogP contribution is 2.35. The monoisotopic (exact) mass is 470 g/mol.